The molecule has 1 aliphatic rings. The second kappa shape index (κ2) is 5.74. The number of nitrogens with zero attached hydrogens (tertiary/aromatic N) is 1. The lowest BCUT2D eigenvalue weighted by atomic mass is 10.1. The summed E-state index contributed by atoms with van der Waals surface area (Å²) in [5.74, 6) is 0.219. The Bertz CT molecular complexity index is 616. The van der Waals surface area contributed by atoms with Gasteiger partial charge in [-0.3, -0.25) is 4.79 Å². The van der Waals surface area contributed by atoms with Gasteiger partial charge < -0.3 is 4.90 Å². The molecule has 1 amide bonds. The summed E-state index contributed by atoms with van der Waals surface area (Å²) in [6.07, 6.45) is 3.69. The van der Waals surface area contributed by atoms with E-state index in [1.165, 1.54) is 0 Å². The Kier molecular flexibility index (Phi) is 3.64. The molecule has 2 aromatic carbocycles. The molecule has 0 saturated carbocycles. The molecule has 20 heavy (non-hydrogen) atoms. The lowest BCUT2D eigenvalue weighted by Gasteiger charge is -2.20. The molecule has 0 unspecified atom stereocenters. The van der Waals surface area contributed by atoms with E-state index in [1.54, 1.807) is 0 Å². The first-order valence-corrected chi connectivity index (χ1v) is 6.97. The zero-order valence-corrected chi connectivity index (χ0v) is 11.3. The zero-order valence-electron chi connectivity index (χ0n) is 11.3. The molecule has 1 fully saturated rings. The van der Waals surface area contributed by atoms with Gasteiger partial charge in [0.2, 0.25) is 5.91 Å². The van der Waals surface area contributed by atoms with Crippen LogP contribution in [0.5, 0.6) is 0 Å². The number of likely N-dealkylation sites (tertiary alicyclic amines) is 1. The fourth-order valence-electron chi connectivity index (χ4n) is 2.54. The second-order valence-corrected chi connectivity index (χ2v) is 4.96. The summed E-state index contributed by atoms with van der Waals surface area (Å²) in [5.41, 5.74) is 3.21. The van der Waals surface area contributed by atoms with Crippen molar-refractivity contribution in [2.24, 2.45) is 0 Å². The van der Waals surface area contributed by atoms with E-state index in [9.17, 15) is 4.79 Å². The van der Waals surface area contributed by atoms with Crippen molar-refractivity contribution >= 4 is 17.7 Å². The largest absolute Gasteiger partial charge is 0.312 e. The first kappa shape index (κ1) is 12.7. The van der Waals surface area contributed by atoms with Gasteiger partial charge >= 0.3 is 0 Å². The molecule has 0 aromatic heterocycles. The molecular formula is C18H17NO. The summed E-state index contributed by atoms with van der Waals surface area (Å²) in [5, 5.41) is 0. The van der Waals surface area contributed by atoms with Gasteiger partial charge in [-0.25, -0.2) is 0 Å². The van der Waals surface area contributed by atoms with E-state index in [4.69, 9.17) is 0 Å². The third kappa shape index (κ3) is 2.64. The molecule has 0 N–H and O–H groups in total. The Morgan fingerprint density at radius 3 is 2.20 bits per heavy atom. The normalized spacial score (nSPS) is 15.7. The van der Waals surface area contributed by atoms with Crippen LogP contribution in [-0.4, -0.2) is 17.4 Å². The standard InChI is InChI=1S/C18H17NO/c20-18-12-7-13-19(18)17(16-10-5-2-6-11-16)14-15-8-3-1-4-9-15/h1-6,8-11,14H,7,12-13H2/b17-14+. The van der Waals surface area contributed by atoms with Crippen LogP contribution in [0.3, 0.4) is 0 Å². The Labute approximate surface area is 119 Å². The number of hydrogen-bond donors (Lipinski definition) is 0. The molecule has 0 spiro atoms. The van der Waals surface area contributed by atoms with Gasteiger partial charge in [-0.15, -0.1) is 0 Å². The summed E-state index contributed by atoms with van der Waals surface area (Å²) in [4.78, 5) is 14.0. The van der Waals surface area contributed by atoms with Gasteiger partial charge in [0.15, 0.2) is 0 Å². The lowest BCUT2D eigenvalue weighted by molar-refractivity contribution is -0.124. The quantitative estimate of drug-likeness (QED) is 0.771. The van der Waals surface area contributed by atoms with Gasteiger partial charge in [0.05, 0.1) is 5.70 Å². The van der Waals surface area contributed by atoms with E-state index < -0.39 is 0 Å². The number of rotatable bonds is 3. The van der Waals surface area contributed by atoms with Gasteiger partial charge in [-0.1, -0.05) is 60.7 Å². The number of carbonyl (C=O) groups is 1. The molecule has 1 saturated heterocycles. The predicted octanol–water partition coefficient (Wildman–Crippen LogP) is 3.81. The molecule has 100 valence electrons. The summed E-state index contributed by atoms with van der Waals surface area (Å²) < 4.78 is 0. The third-order valence-electron chi connectivity index (χ3n) is 3.54. The minimum Gasteiger partial charge on any atom is -0.312 e. The molecule has 0 atom stereocenters. The van der Waals surface area contributed by atoms with Crippen LogP contribution in [0.25, 0.3) is 11.8 Å². The van der Waals surface area contributed by atoms with E-state index in [2.05, 4.69) is 30.3 Å². The molecule has 0 radical (unpaired) electrons. The summed E-state index contributed by atoms with van der Waals surface area (Å²) in [6, 6.07) is 20.3. The highest BCUT2D eigenvalue weighted by Gasteiger charge is 2.24. The van der Waals surface area contributed by atoms with Crippen LogP contribution in [-0.2, 0) is 4.79 Å². The summed E-state index contributed by atoms with van der Waals surface area (Å²) >= 11 is 0. The molecular weight excluding hydrogens is 246 g/mol. The van der Waals surface area contributed by atoms with E-state index in [-0.39, 0.29) is 5.91 Å². The van der Waals surface area contributed by atoms with E-state index >= 15 is 0 Å². The average Bonchev–Trinajstić information content (AvgIpc) is 2.93. The van der Waals surface area contributed by atoms with E-state index in [0.29, 0.717) is 6.42 Å². The van der Waals surface area contributed by atoms with Crippen LogP contribution in [0.1, 0.15) is 24.0 Å². The Morgan fingerprint density at radius 2 is 1.60 bits per heavy atom. The lowest BCUT2D eigenvalue weighted by Crippen LogP contribution is -2.22. The SMILES string of the molecule is O=C1CCCN1/C(=C/c1ccccc1)c1ccccc1. The number of amides is 1. The smallest absolute Gasteiger partial charge is 0.227 e. The highest BCUT2D eigenvalue weighted by atomic mass is 16.2. The molecule has 2 heteroatoms. The summed E-state index contributed by atoms with van der Waals surface area (Å²) in [7, 11) is 0. The second-order valence-electron chi connectivity index (χ2n) is 4.96. The number of benzene rings is 2. The zero-order chi connectivity index (χ0) is 13.8. The van der Waals surface area contributed by atoms with Crippen molar-refractivity contribution in [2.75, 3.05) is 6.54 Å². The average molecular weight is 263 g/mol. The van der Waals surface area contributed by atoms with Gasteiger partial charge in [0.1, 0.15) is 0 Å². The molecule has 2 aromatic rings. The third-order valence-corrected chi connectivity index (χ3v) is 3.54. The van der Waals surface area contributed by atoms with Gasteiger partial charge in [-0.05, 0) is 23.6 Å². The highest BCUT2D eigenvalue weighted by molar-refractivity contribution is 5.93. The Hall–Kier alpha value is -2.35. The Morgan fingerprint density at radius 1 is 0.950 bits per heavy atom. The maximum Gasteiger partial charge on any atom is 0.227 e. The van der Waals surface area contributed by atoms with Crippen LogP contribution in [0.2, 0.25) is 0 Å². The minimum absolute atomic E-state index is 0.219. The van der Waals surface area contributed by atoms with Crippen LogP contribution >= 0.6 is 0 Å². The molecule has 0 bridgehead atoms. The monoisotopic (exact) mass is 263 g/mol. The van der Waals surface area contributed by atoms with Crippen molar-refractivity contribution in [3.8, 4) is 0 Å². The van der Waals surface area contributed by atoms with Crippen LogP contribution in [0.4, 0.5) is 0 Å². The predicted molar refractivity (Wildman–Crippen MR) is 81.7 cm³/mol. The van der Waals surface area contributed by atoms with Crippen molar-refractivity contribution in [3.63, 3.8) is 0 Å². The van der Waals surface area contributed by atoms with Crippen LogP contribution in [0.15, 0.2) is 60.7 Å². The van der Waals surface area contributed by atoms with Crippen molar-refractivity contribution < 1.29 is 4.79 Å². The first-order valence-electron chi connectivity index (χ1n) is 6.97. The van der Waals surface area contributed by atoms with E-state index in [1.807, 2.05) is 41.3 Å². The van der Waals surface area contributed by atoms with Gasteiger partial charge in [0.25, 0.3) is 0 Å². The number of carbonyl (C=O) groups excluding carboxylic acids is 1. The minimum atomic E-state index is 0.219. The van der Waals surface area contributed by atoms with Crippen molar-refractivity contribution in [3.05, 3.63) is 71.8 Å². The van der Waals surface area contributed by atoms with Crippen molar-refractivity contribution in [1.29, 1.82) is 0 Å². The maximum atomic E-state index is 12.1. The van der Waals surface area contributed by atoms with Gasteiger partial charge in [0, 0.05) is 13.0 Å². The van der Waals surface area contributed by atoms with Crippen LogP contribution in [0, 0.1) is 0 Å². The van der Waals surface area contributed by atoms with E-state index in [0.717, 1.165) is 29.8 Å². The Balaban J connectivity index is 2.04. The first-order chi connectivity index (χ1) is 9.84. The van der Waals surface area contributed by atoms with Crippen molar-refractivity contribution in [1.82, 2.24) is 4.90 Å². The van der Waals surface area contributed by atoms with Crippen LogP contribution < -0.4 is 0 Å². The molecule has 1 aliphatic heterocycles. The van der Waals surface area contributed by atoms with Gasteiger partial charge in [-0.2, -0.15) is 0 Å². The summed E-state index contributed by atoms with van der Waals surface area (Å²) in [6.45, 7) is 0.812. The maximum absolute atomic E-state index is 12.1. The number of hydrogen-bond acceptors (Lipinski definition) is 1. The fourth-order valence-corrected chi connectivity index (χ4v) is 2.54. The molecule has 2 nitrogen and oxygen atoms in total. The topological polar surface area (TPSA) is 20.3 Å². The molecule has 1 heterocycles. The van der Waals surface area contributed by atoms with Crippen molar-refractivity contribution in [2.45, 2.75) is 12.8 Å². The highest BCUT2D eigenvalue weighted by Crippen LogP contribution is 2.26. The molecule has 0 aliphatic carbocycles. The molecule has 3 rings (SSSR count). The fraction of sp³-hybridized carbons (Fsp3) is 0.167.